The van der Waals surface area contributed by atoms with Crippen molar-refractivity contribution >= 4 is 43.3 Å². The number of ether oxygens (including phenoxy) is 1. The van der Waals surface area contributed by atoms with E-state index >= 15 is 0 Å². The molecular formula is C29H35N8O3S2. The van der Waals surface area contributed by atoms with Gasteiger partial charge in [0.05, 0.1) is 33.9 Å². The molecule has 2 fully saturated rings. The van der Waals surface area contributed by atoms with Crippen molar-refractivity contribution in [3.63, 3.8) is 0 Å². The number of aryl methyl sites for hydroxylation is 1. The Kier molecular flexibility index (Phi) is 8.11. The van der Waals surface area contributed by atoms with Gasteiger partial charge in [-0.05, 0) is 36.1 Å². The highest BCUT2D eigenvalue weighted by Gasteiger charge is 2.29. The fraction of sp³-hybridized carbons (Fsp3) is 0.414. The summed E-state index contributed by atoms with van der Waals surface area (Å²) >= 11 is 1.59. The molecule has 42 heavy (non-hydrogen) atoms. The average Bonchev–Trinajstić information content (AvgIpc) is 3.33. The summed E-state index contributed by atoms with van der Waals surface area (Å²) < 4.78 is 35.5. The Balaban J connectivity index is 1.38. The van der Waals surface area contributed by atoms with Crippen molar-refractivity contribution in [1.82, 2.24) is 29.1 Å². The fourth-order valence-corrected chi connectivity index (χ4v) is 8.17. The first-order chi connectivity index (χ1) is 20.2. The second-order valence-electron chi connectivity index (χ2n) is 10.9. The molecule has 221 valence electrons. The Morgan fingerprint density at radius 2 is 1.71 bits per heavy atom. The van der Waals surface area contributed by atoms with Gasteiger partial charge in [-0.3, -0.25) is 0 Å². The van der Waals surface area contributed by atoms with E-state index in [1.54, 1.807) is 40.2 Å². The van der Waals surface area contributed by atoms with Crippen LogP contribution in [0.3, 0.4) is 0 Å². The van der Waals surface area contributed by atoms with Crippen molar-refractivity contribution in [2.75, 3.05) is 69.7 Å². The van der Waals surface area contributed by atoms with E-state index in [1.165, 1.54) is 5.92 Å². The fourth-order valence-electron chi connectivity index (χ4n) is 5.44. The van der Waals surface area contributed by atoms with Gasteiger partial charge in [-0.25, -0.2) is 28.4 Å². The molecule has 2 saturated heterocycles. The quantitative estimate of drug-likeness (QED) is 0.333. The van der Waals surface area contributed by atoms with Gasteiger partial charge < -0.3 is 20.3 Å². The summed E-state index contributed by atoms with van der Waals surface area (Å²) in [4.78, 5) is 23.9. The van der Waals surface area contributed by atoms with Crippen molar-refractivity contribution in [2.45, 2.75) is 25.7 Å². The number of nitrogens with two attached hydrogens (primary N) is 1. The Hall–Kier alpha value is -3.23. The number of sulfonamides is 1. The molecule has 0 atom stereocenters. The summed E-state index contributed by atoms with van der Waals surface area (Å²) in [6.45, 7) is 12.2. The lowest BCUT2D eigenvalue weighted by atomic mass is 10.1. The summed E-state index contributed by atoms with van der Waals surface area (Å²) in [5.74, 6) is 2.86. The number of hydrogen-bond donors (Lipinski definition) is 1. The van der Waals surface area contributed by atoms with Gasteiger partial charge >= 0.3 is 0 Å². The number of rotatable bonds is 7. The smallest absolute Gasteiger partial charge is 0.243 e. The van der Waals surface area contributed by atoms with Crippen LogP contribution in [0, 0.1) is 12.8 Å². The Morgan fingerprint density at radius 3 is 2.40 bits per heavy atom. The standard InChI is InChI=1S/C29H35N8O3S2/c1-19(2)18-35-7-9-37(10-8-35)42(38,39)23-6-4-5-21(15-23)25-20(3)24-26(41-25)28(36-11-13-40-14-12-36)34-27(33-24)22-16-31-29(30)32-17-22/h4-6,15-17H,7-14,18H2,1-3H3,(H2,30,31,32). The third-order valence-corrected chi connectivity index (χ3v) is 10.8. The van der Waals surface area contributed by atoms with Crippen molar-refractivity contribution < 1.29 is 13.2 Å². The summed E-state index contributed by atoms with van der Waals surface area (Å²) in [5, 5.41) is 0. The van der Waals surface area contributed by atoms with Crippen molar-refractivity contribution in [2.24, 2.45) is 0 Å². The van der Waals surface area contributed by atoms with Crippen LogP contribution < -0.4 is 10.6 Å². The van der Waals surface area contributed by atoms with Crippen molar-refractivity contribution in [1.29, 1.82) is 0 Å². The maximum atomic E-state index is 13.7. The van der Waals surface area contributed by atoms with Crippen LogP contribution in [0.1, 0.15) is 19.4 Å². The van der Waals surface area contributed by atoms with Crippen LogP contribution in [-0.4, -0.2) is 96.6 Å². The molecule has 0 spiro atoms. The number of hydrogen-bond acceptors (Lipinski definition) is 11. The molecule has 2 N–H and O–H groups in total. The Bertz CT molecular complexity index is 1680. The SMILES string of the molecule is C[C](C)CN1CCN(S(=O)(=O)c2cccc(-c3sc4c(N5CCOCC5)nc(-c5cnc(N)nc5)nc4c3C)c2)CC1. The molecule has 0 bridgehead atoms. The molecule has 13 heteroatoms. The molecule has 5 heterocycles. The van der Waals surface area contributed by atoms with Gasteiger partial charge in [-0.1, -0.05) is 26.0 Å². The van der Waals surface area contributed by atoms with Gasteiger partial charge in [-0.2, -0.15) is 4.31 Å². The highest BCUT2D eigenvalue weighted by molar-refractivity contribution is 7.89. The van der Waals surface area contributed by atoms with Gasteiger partial charge in [0, 0.05) is 63.1 Å². The van der Waals surface area contributed by atoms with Gasteiger partial charge in [-0.15, -0.1) is 11.3 Å². The van der Waals surface area contributed by atoms with E-state index in [-0.39, 0.29) is 5.95 Å². The number of thiophene rings is 1. The summed E-state index contributed by atoms with van der Waals surface area (Å²) in [7, 11) is -3.63. The van der Waals surface area contributed by atoms with Crippen LogP contribution in [0.15, 0.2) is 41.6 Å². The molecule has 6 rings (SSSR count). The molecule has 0 unspecified atom stereocenters. The molecule has 4 aromatic rings. The normalized spacial score (nSPS) is 17.4. The molecule has 0 aliphatic carbocycles. The maximum absolute atomic E-state index is 13.7. The van der Waals surface area contributed by atoms with Gasteiger partial charge in [0.15, 0.2) is 11.6 Å². The number of benzene rings is 1. The first-order valence-corrected chi connectivity index (χ1v) is 16.3. The zero-order chi connectivity index (χ0) is 29.4. The topological polar surface area (TPSA) is 131 Å². The van der Waals surface area contributed by atoms with Crippen LogP contribution in [-0.2, 0) is 14.8 Å². The lowest BCUT2D eigenvalue weighted by molar-refractivity contribution is 0.122. The molecule has 1 aromatic carbocycles. The van der Waals surface area contributed by atoms with E-state index in [9.17, 15) is 8.42 Å². The molecule has 11 nitrogen and oxygen atoms in total. The largest absolute Gasteiger partial charge is 0.378 e. The first-order valence-electron chi connectivity index (χ1n) is 14.0. The predicted octanol–water partition coefficient (Wildman–Crippen LogP) is 3.46. The second-order valence-corrected chi connectivity index (χ2v) is 13.9. The van der Waals surface area contributed by atoms with Crippen LogP contribution in [0.4, 0.5) is 11.8 Å². The van der Waals surface area contributed by atoms with Gasteiger partial charge in [0.1, 0.15) is 0 Å². The predicted molar refractivity (Wildman–Crippen MR) is 166 cm³/mol. The van der Waals surface area contributed by atoms with Gasteiger partial charge in [0.25, 0.3) is 0 Å². The van der Waals surface area contributed by atoms with Crippen LogP contribution >= 0.6 is 11.3 Å². The Labute approximate surface area is 250 Å². The lowest BCUT2D eigenvalue weighted by Crippen LogP contribution is -2.49. The molecule has 1 radical (unpaired) electrons. The molecule has 0 amide bonds. The number of nitrogens with zero attached hydrogens (tertiary/aromatic N) is 7. The van der Waals surface area contributed by atoms with E-state index in [4.69, 9.17) is 20.4 Å². The van der Waals surface area contributed by atoms with Crippen molar-refractivity contribution in [3.05, 3.63) is 48.1 Å². The van der Waals surface area contributed by atoms with E-state index in [1.807, 2.05) is 19.1 Å². The van der Waals surface area contributed by atoms with E-state index in [0.29, 0.717) is 55.7 Å². The minimum atomic E-state index is -3.63. The number of anilines is 2. The zero-order valence-corrected chi connectivity index (χ0v) is 25.7. The molecule has 0 saturated carbocycles. The number of piperazine rings is 1. The maximum Gasteiger partial charge on any atom is 0.243 e. The van der Waals surface area contributed by atoms with Crippen LogP contribution in [0.2, 0.25) is 0 Å². The summed E-state index contributed by atoms with van der Waals surface area (Å²) in [6.07, 6.45) is 3.26. The van der Waals surface area contributed by atoms with Crippen molar-refractivity contribution in [3.8, 4) is 21.8 Å². The number of fused-ring (bicyclic) bond motifs is 1. The second kappa shape index (κ2) is 11.8. The van der Waals surface area contributed by atoms with E-state index < -0.39 is 10.0 Å². The zero-order valence-electron chi connectivity index (χ0n) is 24.1. The van der Waals surface area contributed by atoms with E-state index in [2.05, 4.69) is 33.6 Å². The molecule has 2 aliphatic rings. The minimum Gasteiger partial charge on any atom is -0.378 e. The highest BCUT2D eigenvalue weighted by Crippen LogP contribution is 2.42. The average molecular weight is 608 g/mol. The molecular weight excluding hydrogens is 573 g/mol. The third kappa shape index (κ3) is 5.71. The first kappa shape index (κ1) is 28.9. The third-order valence-electron chi connectivity index (χ3n) is 7.59. The molecule has 3 aromatic heterocycles. The van der Waals surface area contributed by atoms with Crippen LogP contribution in [0.25, 0.3) is 32.0 Å². The van der Waals surface area contributed by atoms with Gasteiger partial charge in [0.2, 0.25) is 16.0 Å². The summed E-state index contributed by atoms with van der Waals surface area (Å²) in [5.41, 5.74) is 9.03. The Morgan fingerprint density at radius 1 is 1.00 bits per heavy atom. The monoisotopic (exact) mass is 607 g/mol. The molecule has 2 aliphatic heterocycles. The lowest BCUT2D eigenvalue weighted by Gasteiger charge is -2.34. The highest BCUT2D eigenvalue weighted by atomic mass is 32.2. The number of morpholine rings is 1. The van der Waals surface area contributed by atoms with Crippen LogP contribution in [0.5, 0.6) is 0 Å². The number of aromatic nitrogens is 4. The van der Waals surface area contributed by atoms with E-state index in [0.717, 1.165) is 51.7 Å². The summed E-state index contributed by atoms with van der Waals surface area (Å²) in [6, 6.07) is 7.27. The number of nitrogen functional groups attached to an aromatic ring is 1. The minimum absolute atomic E-state index is 0.188.